The standard InChI is InChI=1S/C13H14F2N2O/c1-3-17(8-4-7-16)13(18)11-10(14)6-5-9(2)12(11)15/h5-6H,3-4,8H2,1-2H3. The lowest BCUT2D eigenvalue weighted by atomic mass is 10.1. The lowest BCUT2D eigenvalue weighted by Gasteiger charge is -2.20. The summed E-state index contributed by atoms with van der Waals surface area (Å²) in [7, 11) is 0. The van der Waals surface area contributed by atoms with Crippen LogP contribution in [0.3, 0.4) is 0 Å². The lowest BCUT2D eigenvalue weighted by Crippen LogP contribution is -2.33. The van der Waals surface area contributed by atoms with Gasteiger partial charge in [-0.15, -0.1) is 0 Å². The number of rotatable bonds is 4. The fourth-order valence-corrected chi connectivity index (χ4v) is 1.60. The summed E-state index contributed by atoms with van der Waals surface area (Å²) in [5, 5.41) is 8.48. The topological polar surface area (TPSA) is 44.1 Å². The Bertz CT molecular complexity index is 494. The first-order valence-corrected chi connectivity index (χ1v) is 5.63. The normalized spacial score (nSPS) is 9.94. The van der Waals surface area contributed by atoms with Gasteiger partial charge in [0.2, 0.25) is 0 Å². The molecule has 18 heavy (non-hydrogen) atoms. The Hall–Kier alpha value is -1.96. The molecule has 1 aromatic rings. The summed E-state index contributed by atoms with van der Waals surface area (Å²) in [6.45, 7) is 3.63. The fraction of sp³-hybridized carbons (Fsp3) is 0.385. The van der Waals surface area contributed by atoms with Crippen LogP contribution in [-0.2, 0) is 0 Å². The summed E-state index contributed by atoms with van der Waals surface area (Å²) >= 11 is 0. The van der Waals surface area contributed by atoms with Crippen molar-refractivity contribution in [3.63, 3.8) is 0 Å². The molecule has 0 saturated heterocycles. The lowest BCUT2D eigenvalue weighted by molar-refractivity contribution is 0.0758. The zero-order valence-electron chi connectivity index (χ0n) is 10.3. The third-order valence-corrected chi connectivity index (χ3v) is 2.66. The second-order valence-electron chi connectivity index (χ2n) is 3.85. The predicted octanol–water partition coefficient (Wildman–Crippen LogP) is 2.65. The van der Waals surface area contributed by atoms with Crippen molar-refractivity contribution in [2.75, 3.05) is 13.1 Å². The molecule has 96 valence electrons. The second-order valence-corrected chi connectivity index (χ2v) is 3.85. The van der Waals surface area contributed by atoms with Gasteiger partial charge in [-0.1, -0.05) is 6.07 Å². The molecular formula is C13H14F2N2O. The van der Waals surface area contributed by atoms with Gasteiger partial charge in [0.25, 0.3) is 5.91 Å². The average molecular weight is 252 g/mol. The molecule has 5 heteroatoms. The Morgan fingerprint density at radius 2 is 2.11 bits per heavy atom. The van der Waals surface area contributed by atoms with Gasteiger partial charge in [-0.3, -0.25) is 4.79 Å². The van der Waals surface area contributed by atoms with E-state index in [2.05, 4.69) is 0 Å². The Morgan fingerprint density at radius 3 is 2.67 bits per heavy atom. The first-order chi connectivity index (χ1) is 8.52. The van der Waals surface area contributed by atoms with Crippen LogP contribution in [0.5, 0.6) is 0 Å². The van der Waals surface area contributed by atoms with Crippen LogP contribution < -0.4 is 0 Å². The number of nitrogens with zero attached hydrogens (tertiary/aromatic N) is 2. The third kappa shape index (κ3) is 2.83. The van der Waals surface area contributed by atoms with Crippen LogP contribution >= 0.6 is 0 Å². The van der Waals surface area contributed by atoms with Crippen molar-refractivity contribution in [3.8, 4) is 6.07 Å². The van der Waals surface area contributed by atoms with Crippen LogP contribution in [-0.4, -0.2) is 23.9 Å². The van der Waals surface area contributed by atoms with E-state index >= 15 is 0 Å². The molecule has 0 fully saturated rings. The van der Waals surface area contributed by atoms with Crippen molar-refractivity contribution >= 4 is 5.91 Å². The van der Waals surface area contributed by atoms with E-state index in [1.54, 1.807) is 6.92 Å². The number of aryl methyl sites for hydroxylation is 1. The van der Waals surface area contributed by atoms with Crippen molar-refractivity contribution in [1.29, 1.82) is 5.26 Å². The summed E-state index contributed by atoms with van der Waals surface area (Å²) in [5.41, 5.74) is -0.328. The van der Waals surface area contributed by atoms with E-state index in [0.717, 1.165) is 6.07 Å². The summed E-state index contributed by atoms with van der Waals surface area (Å²) < 4.78 is 27.3. The van der Waals surface area contributed by atoms with Crippen LogP contribution in [0.4, 0.5) is 8.78 Å². The molecule has 0 spiro atoms. The van der Waals surface area contributed by atoms with E-state index in [1.165, 1.54) is 17.9 Å². The van der Waals surface area contributed by atoms with Gasteiger partial charge in [0.05, 0.1) is 12.5 Å². The summed E-state index contributed by atoms with van der Waals surface area (Å²) in [6, 6.07) is 4.26. The SMILES string of the molecule is CCN(CCC#N)C(=O)c1c(F)ccc(C)c1F. The highest BCUT2D eigenvalue weighted by atomic mass is 19.1. The number of carbonyl (C=O) groups is 1. The molecule has 0 bridgehead atoms. The van der Waals surface area contributed by atoms with Crippen molar-refractivity contribution in [3.05, 3.63) is 34.9 Å². The molecule has 0 saturated carbocycles. The zero-order chi connectivity index (χ0) is 13.7. The van der Waals surface area contributed by atoms with Crippen LogP contribution in [0.15, 0.2) is 12.1 Å². The predicted molar refractivity (Wildman–Crippen MR) is 62.9 cm³/mol. The molecule has 0 aromatic heterocycles. The van der Waals surface area contributed by atoms with Gasteiger partial charge in [-0.05, 0) is 25.5 Å². The van der Waals surface area contributed by atoms with Crippen molar-refractivity contribution in [1.82, 2.24) is 4.90 Å². The van der Waals surface area contributed by atoms with E-state index in [4.69, 9.17) is 5.26 Å². The molecule has 0 aliphatic carbocycles. The van der Waals surface area contributed by atoms with Crippen LogP contribution in [0.1, 0.15) is 29.3 Å². The van der Waals surface area contributed by atoms with Gasteiger partial charge in [0.1, 0.15) is 17.2 Å². The monoisotopic (exact) mass is 252 g/mol. The smallest absolute Gasteiger partial charge is 0.259 e. The highest BCUT2D eigenvalue weighted by Crippen LogP contribution is 2.18. The Morgan fingerprint density at radius 1 is 1.44 bits per heavy atom. The van der Waals surface area contributed by atoms with E-state index in [0.29, 0.717) is 6.54 Å². The van der Waals surface area contributed by atoms with Crippen molar-refractivity contribution < 1.29 is 13.6 Å². The van der Waals surface area contributed by atoms with E-state index in [9.17, 15) is 13.6 Å². The Balaban J connectivity index is 3.10. The number of hydrogen-bond acceptors (Lipinski definition) is 2. The summed E-state index contributed by atoms with van der Waals surface area (Å²) in [5.74, 6) is -2.43. The maximum Gasteiger partial charge on any atom is 0.259 e. The maximum atomic E-state index is 13.8. The summed E-state index contributed by atoms with van der Waals surface area (Å²) in [4.78, 5) is 13.3. The minimum Gasteiger partial charge on any atom is -0.338 e. The van der Waals surface area contributed by atoms with Gasteiger partial charge in [0.15, 0.2) is 0 Å². The Kier molecular flexibility index (Phi) is 4.78. The number of amides is 1. The van der Waals surface area contributed by atoms with Crippen molar-refractivity contribution in [2.24, 2.45) is 0 Å². The molecule has 1 amide bonds. The summed E-state index contributed by atoms with van der Waals surface area (Å²) in [6.07, 6.45) is 0.134. The molecule has 0 N–H and O–H groups in total. The molecule has 0 radical (unpaired) electrons. The molecule has 1 rings (SSSR count). The highest BCUT2D eigenvalue weighted by Gasteiger charge is 2.23. The minimum atomic E-state index is -0.876. The maximum absolute atomic E-state index is 13.8. The van der Waals surface area contributed by atoms with E-state index < -0.39 is 23.1 Å². The van der Waals surface area contributed by atoms with Gasteiger partial charge in [-0.25, -0.2) is 8.78 Å². The van der Waals surface area contributed by atoms with Gasteiger partial charge in [0, 0.05) is 13.1 Å². The first-order valence-electron chi connectivity index (χ1n) is 5.63. The molecule has 0 atom stereocenters. The average Bonchev–Trinajstić information content (AvgIpc) is 2.35. The van der Waals surface area contributed by atoms with Crippen LogP contribution in [0.2, 0.25) is 0 Å². The fourth-order valence-electron chi connectivity index (χ4n) is 1.60. The third-order valence-electron chi connectivity index (χ3n) is 2.66. The number of hydrogen-bond donors (Lipinski definition) is 0. The van der Waals surface area contributed by atoms with E-state index in [-0.39, 0.29) is 18.5 Å². The van der Waals surface area contributed by atoms with E-state index in [1.807, 2.05) is 6.07 Å². The number of halogens is 2. The molecule has 0 aliphatic rings. The van der Waals surface area contributed by atoms with Crippen LogP contribution in [0.25, 0.3) is 0 Å². The number of nitriles is 1. The molecule has 0 heterocycles. The number of benzene rings is 1. The molecule has 0 aliphatic heterocycles. The zero-order valence-corrected chi connectivity index (χ0v) is 10.3. The van der Waals surface area contributed by atoms with Gasteiger partial charge >= 0.3 is 0 Å². The molecule has 0 unspecified atom stereocenters. The minimum absolute atomic E-state index is 0.134. The quantitative estimate of drug-likeness (QED) is 0.826. The molecule has 3 nitrogen and oxygen atoms in total. The van der Waals surface area contributed by atoms with Crippen LogP contribution in [0, 0.1) is 29.9 Å². The largest absolute Gasteiger partial charge is 0.338 e. The van der Waals surface area contributed by atoms with Gasteiger partial charge < -0.3 is 4.90 Å². The molecule has 1 aromatic carbocycles. The van der Waals surface area contributed by atoms with Crippen molar-refractivity contribution in [2.45, 2.75) is 20.3 Å². The highest BCUT2D eigenvalue weighted by molar-refractivity contribution is 5.95. The second kappa shape index (κ2) is 6.10. The number of carbonyl (C=O) groups excluding carboxylic acids is 1. The Labute approximate surface area is 105 Å². The molecular weight excluding hydrogens is 238 g/mol. The van der Waals surface area contributed by atoms with Gasteiger partial charge in [-0.2, -0.15) is 5.26 Å². The first kappa shape index (κ1) is 14.1.